The summed E-state index contributed by atoms with van der Waals surface area (Å²) >= 11 is 0. The number of phenols is 1. The number of nitrogens with one attached hydrogen (secondary N) is 1. The fraction of sp³-hybridized carbons (Fsp3) is 0.176. The van der Waals surface area contributed by atoms with Crippen LogP contribution in [-0.2, 0) is 0 Å². The van der Waals surface area contributed by atoms with Gasteiger partial charge in [0.2, 0.25) is 0 Å². The van der Waals surface area contributed by atoms with Gasteiger partial charge in [0.15, 0.2) is 11.5 Å². The van der Waals surface area contributed by atoms with Crippen LogP contribution in [0.5, 0.6) is 17.2 Å². The summed E-state index contributed by atoms with van der Waals surface area (Å²) in [5.41, 5.74) is 2.44. The number of benzene rings is 2. The van der Waals surface area contributed by atoms with E-state index in [9.17, 15) is 5.11 Å². The molecule has 0 saturated heterocycles. The smallest absolute Gasteiger partial charge is 0.187 e. The zero-order valence-electron chi connectivity index (χ0n) is 13.1. The van der Waals surface area contributed by atoms with Crippen molar-refractivity contribution in [3.63, 3.8) is 0 Å². The number of hydrogen-bond acceptors (Lipinski definition) is 6. The molecule has 1 aromatic heterocycles. The molecule has 1 heterocycles. The molecule has 0 bridgehead atoms. The van der Waals surface area contributed by atoms with Crippen molar-refractivity contribution in [2.75, 3.05) is 19.5 Å². The fourth-order valence-corrected chi connectivity index (χ4v) is 2.46. The lowest BCUT2D eigenvalue weighted by Gasteiger charge is -2.14. The molecule has 3 aromatic rings. The Labute approximate surface area is 133 Å². The van der Waals surface area contributed by atoms with Gasteiger partial charge in [-0.3, -0.25) is 0 Å². The lowest BCUT2D eigenvalue weighted by atomic mass is 10.1. The minimum absolute atomic E-state index is 0.229. The molecular weight excluding hydrogens is 294 g/mol. The molecule has 2 N–H and O–H groups in total. The van der Waals surface area contributed by atoms with Crippen LogP contribution in [-0.4, -0.2) is 29.3 Å². The Balaban J connectivity index is 2.11. The SMILES string of the molecule is COc1ccc2c(Nc3ccc(O)cc3C)ncnc2c1OC. The first-order chi connectivity index (χ1) is 11.1. The first-order valence-corrected chi connectivity index (χ1v) is 7.06. The summed E-state index contributed by atoms with van der Waals surface area (Å²) in [5, 5.41) is 13.6. The summed E-state index contributed by atoms with van der Waals surface area (Å²) in [4.78, 5) is 8.62. The Hall–Kier alpha value is -3.02. The Morgan fingerprint density at radius 3 is 2.57 bits per heavy atom. The van der Waals surface area contributed by atoms with E-state index in [4.69, 9.17) is 9.47 Å². The number of phenolic OH excluding ortho intramolecular Hbond substituents is 1. The average Bonchev–Trinajstić information content (AvgIpc) is 2.56. The summed E-state index contributed by atoms with van der Waals surface area (Å²) < 4.78 is 10.7. The van der Waals surface area contributed by atoms with E-state index < -0.39 is 0 Å². The Morgan fingerprint density at radius 1 is 1.04 bits per heavy atom. The van der Waals surface area contributed by atoms with Crippen LogP contribution in [0.2, 0.25) is 0 Å². The lowest BCUT2D eigenvalue weighted by molar-refractivity contribution is 0.358. The number of nitrogens with zero attached hydrogens (tertiary/aromatic N) is 2. The standard InChI is InChI=1S/C17H17N3O3/c1-10-8-11(21)4-6-13(10)20-17-12-5-7-14(22-2)16(23-3)15(12)18-9-19-17/h4-9,21H,1-3H3,(H,18,19,20). The topological polar surface area (TPSA) is 76.5 Å². The van der Waals surface area contributed by atoms with Gasteiger partial charge in [0.25, 0.3) is 0 Å². The van der Waals surface area contributed by atoms with E-state index in [-0.39, 0.29) is 5.75 Å². The lowest BCUT2D eigenvalue weighted by Crippen LogP contribution is -1.99. The maximum Gasteiger partial charge on any atom is 0.187 e. The van der Waals surface area contributed by atoms with Crippen molar-refractivity contribution in [1.82, 2.24) is 9.97 Å². The molecule has 0 radical (unpaired) electrons. The van der Waals surface area contributed by atoms with Crippen molar-refractivity contribution in [3.8, 4) is 17.2 Å². The Bertz CT molecular complexity index is 865. The molecule has 0 unspecified atom stereocenters. The summed E-state index contributed by atoms with van der Waals surface area (Å²) in [6, 6.07) is 8.82. The highest BCUT2D eigenvalue weighted by molar-refractivity contribution is 5.96. The Kier molecular flexibility index (Phi) is 3.89. The molecule has 3 rings (SSSR count). The van der Waals surface area contributed by atoms with E-state index in [2.05, 4.69) is 15.3 Å². The van der Waals surface area contributed by atoms with Crippen LogP contribution in [0.4, 0.5) is 11.5 Å². The van der Waals surface area contributed by atoms with Crippen molar-refractivity contribution < 1.29 is 14.6 Å². The molecule has 0 fully saturated rings. The maximum absolute atomic E-state index is 9.52. The monoisotopic (exact) mass is 311 g/mol. The van der Waals surface area contributed by atoms with E-state index in [1.165, 1.54) is 6.33 Å². The van der Waals surface area contributed by atoms with E-state index in [0.29, 0.717) is 22.8 Å². The predicted molar refractivity (Wildman–Crippen MR) is 88.8 cm³/mol. The van der Waals surface area contributed by atoms with Gasteiger partial charge in [0.1, 0.15) is 23.4 Å². The van der Waals surface area contributed by atoms with Crippen molar-refractivity contribution in [2.24, 2.45) is 0 Å². The molecule has 23 heavy (non-hydrogen) atoms. The second-order valence-corrected chi connectivity index (χ2v) is 5.04. The summed E-state index contributed by atoms with van der Waals surface area (Å²) in [6.45, 7) is 1.91. The Morgan fingerprint density at radius 2 is 1.87 bits per heavy atom. The zero-order valence-corrected chi connectivity index (χ0v) is 13.1. The third-order valence-corrected chi connectivity index (χ3v) is 3.61. The first-order valence-electron chi connectivity index (χ1n) is 7.06. The summed E-state index contributed by atoms with van der Waals surface area (Å²) in [7, 11) is 3.17. The minimum Gasteiger partial charge on any atom is -0.508 e. The third-order valence-electron chi connectivity index (χ3n) is 3.61. The van der Waals surface area contributed by atoms with Crippen LogP contribution >= 0.6 is 0 Å². The molecule has 0 aliphatic rings. The largest absolute Gasteiger partial charge is 0.508 e. The van der Waals surface area contributed by atoms with Gasteiger partial charge in [-0.05, 0) is 42.8 Å². The molecule has 0 saturated carbocycles. The fourth-order valence-electron chi connectivity index (χ4n) is 2.46. The molecule has 0 aliphatic heterocycles. The number of fused-ring (bicyclic) bond motifs is 1. The van der Waals surface area contributed by atoms with E-state index >= 15 is 0 Å². The van der Waals surface area contributed by atoms with E-state index in [0.717, 1.165) is 16.6 Å². The quantitative estimate of drug-likeness (QED) is 0.719. The number of aromatic nitrogens is 2. The normalized spacial score (nSPS) is 10.6. The number of methoxy groups -OCH3 is 2. The number of rotatable bonds is 4. The molecule has 0 aliphatic carbocycles. The van der Waals surface area contributed by atoms with Crippen LogP contribution < -0.4 is 14.8 Å². The van der Waals surface area contributed by atoms with Gasteiger partial charge in [0, 0.05) is 11.1 Å². The van der Waals surface area contributed by atoms with Crippen LogP contribution in [0.15, 0.2) is 36.7 Å². The van der Waals surface area contributed by atoms with E-state index in [1.54, 1.807) is 32.4 Å². The van der Waals surface area contributed by atoms with Gasteiger partial charge in [-0.1, -0.05) is 0 Å². The number of ether oxygens (including phenoxy) is 2. The molecule has 0 spiro atoms. The van der Waals surface area contributed by atoms with Gasteiger partial charge < -0.3 is 19.9 Å². The van der Waals surface area contributed by atoms with Crippen molar-refractivity contribution in [2.45, 2.75) is 6.92 Å². The van der Waals surface area contributed by atoms with Crippen LogP contribution in [0.3, 0.4) is 0 Å². The van der Waals surface area contributed by atoms with Crippen LogP contribution in [0.1, 0.15) is 5.56 Å². The number of hydrogen-bond donors (Lipinski definition) is 2. The minimum atomic E-state index is 0.229. The van der Waals surface area contributed by atoms with E-state index in [1.807, 2.05) is 19.1 Å². The average molecular weight is 311 g/mol. The number of anilines is 2. The highest BCUT2D eigenvalue weighted by atomic mass is 16.5. The number of aromatic hydroxyl groups is 1. The van der Waals surface area contributed by atoms with Gasteiger partial charge in [-0.25, -0.2) is 9.97 Å². The van der Waals surface area contributed by atoms with Gasteiger partial charge >= 0.3 is 0 Å². The second kappa shape index (κ2) is 6.00. The van der Waals surface area contributed by atoms with Gasteiger partial charge in [0.05, 0.1) is 14.2 Å². The zero-order chi connectivity index (χ0) is 16.4. The second-order valence-electron chi connectivity index (χ2n) is 5.04. The molecule has 118 valence electrons. The first kappa shape index (κ1) is 14.9. The molecule has 0 amide bonds. The summed E-state index contributed by atoms with van der Waals surface area (Å²) in [6.07, 6.45) is 1.47. The highest BCUT2D eigenvalue weighted by Gasteiger charge is 2.14. The van der Waals surface area contributed by atoms with Crippen LogP contribution in [0, 0.1) is 6.92 Å². The highest BCUT2D eigenvalue weighted by Crippen LogP contribution is 2.37. The molecule has 2 aromatic carbocycles. The molecular formula is C17H17N3O3. The van der Waals surface area contributed by atoms with Gasteiger partial charge in [-0.15, -0.1) is 0 Å². The molecule has 0 atom stereocenters. The van der Waals surface area contributed by atoms with Gasteiger partial charge in [-0.2, -0.15) is 0 Å². The van der Waals surface area contributed by atoms with Crippen molar-refractivity contribution >= 4 is 22.4 Å². The van der Waals surface area contributed by atoms with Crippen molar-refractivity contribution in [3.05, 3.63) is 42.2 Å². The van der Waals surface area contributed by atoms with Crippen molar-refractivity contribution in [1.29, 1.82) is 0 Å². The number of aryl methyl sites for hydroxylation is 1. The molecule has 6 heteroatoms. The predicted octanol–water partition coefficient (Wildman–Crippen LogP) is 3.40. The maximum atomic E-state index is 9.52. The summed E-state index contributed by atoms with van der Waals surface area (Å²) in [5.74, 6) is 2.07. The third kappa shape index (κ3) is 2.70. The molecule has 6 nitrogen and oxygen atoms in total. The van der Waals surface area contributed by atoms with Crippen LogP contribution in [0.25, 0.3) is 10.9 Å².